The number of hydrogen-bond acceptors (Lipinski definition) is 5. The molecule has 0 bridgehead atoms. The average molecular weight is 489 g/mol. The molecule has 1 N–H and O–H groups in total. The first-order valence-corrected chi connectivity index (χ1v) is 14.4. The first kappa shape index (κ1) is 25.7. The fourth-order valence-electron chi connectivity index (χ4n) is 9.74. The van der Waals surface area contributed by atoms with Crippen LogP contribution in [0, 0.1) is 46.3 Å². The molecule has 0 aromatic rings. The Morgan fingerprint density at radius 3 is 2.49 bits per heavy atom. The lowest BCUT2D eigenvalue weighted by atomic mass is 9.42. The Morgan fingerprint density at radius 1 is 1.11 bits per heavy atom. The zero-order chi connectivity index (χ0) is 25.6. The quantitative estimate of drug-likeness (QED) is 0.383. The number of epoxide rings is 1. The summed E-state index contributed by atoms with van der Waals surface area (Å²) in [5, 5.41) is 12.0. The highest BCUT2D eigenvalue weighted by Crippen LogP contribution is 2.77. The van der Waals surface area contributed by atoms with Gasteiger partial charge in [0, 0.05) is 25.2 Å². The number of hydrogen-bond donors (Lipinski definition) is 1. The Bertz CT molecular complexity index is 884. The average Bonchev–Trinajstić information content (AvgIpc) is 3.37. The molecule has 1 saturated heterocycles. The highest BCUT2D eigenvalue weighted by Gasteiger charge is 2.84. The fraction of sp³-hybridized carbons (Fsp3) is 0.933. The lowest BCUT2D eigenvalue weighted by Crippen LogP contribution is -2.70. The maximum Gasteiger partial charge on any atom is 0.302 e. The Morgan fingerprint density at radius 2 is 1.83 bits per heavy atom. The molecule has 5 fully saturated rings. The second kappa shape index (κ2) is 8.28. The van der Waals surface area contributed by atoms with Gasteiger partial charge in [-0.1, -0.05) is 54.4 Å². The predicted molar refractivity (Wildman–Crippen MR) is 135 cm³/mol. The lowest BCUT2D eigenvalue weighted by molar-refractivity contribution is -0.217. The van der Waals surface area contributed by atoms with Crippen LogP contribution in [0.25, 0.3) is 0 Å². The molecule has 0 unspecified atom stereocenters. The number of carbonyl (C=O) groups excluding carboxylic acids is 2. The minimum Gasteiger partial charge on any atom is -0.462 e. The summed E-state index contributed by atoms with van der Waals surface area (Å²) >= 11 is 0. The fourth-order valence-corrected chi connectivity index (χ4v) is 9.74. The minimum atomic E-state index is -1.17. The van der Waals surface area contributed by atoms with E-state index in [2.05, 4.69) is 41.5 Å². The number of fused-ring (bicyclic) bond motifs is 3. The van der Waals surface area contributed by atoms with Gasteiger partial charge >= 0.3 is 5.97 Å². The van der Waals surface area contributed by atoms with Crippen molar-refractivity contribution < 1.29 is 24.2 Å². The molecule has 0 amide bonds. The van der Waals surface area contributed by atoms with Crippen LogP contribution in [0.4, 0.5) is 0 Å². The van der Waals surface area contributed by atoms with Gasteiger partial charge in [0.1, 0.15) is 17.5 Å². The van der Waals surface area contributed by atoms with Crippen molar-refractivity contribution in [1.29, 1.82) is 0 Å². The number of Topliss-reactive ketones (excluding diaryl/α,β-unsaturated/α-hetero) is 1. The minimum absolute atomic E-state index is 0.0576. The monoisotopic (exact) mass is 488 g/mol. The van der Waals surface area contributed by atoms with Crippen LogP contribution >= 0.6 is 0 Å². The van der Waals surface area contributed by atoms with Crippen molar-refractivity contribution in [3.05, 3.63) is 0 Å². The van der Waals surface area contributed by atoms with E-state index in [1.807, 2.05) is 0 Å². The van der Waals surface area contributed by atoms with Gasteiger partial charge in [-0.2, -0.15) is 0 Å². The summed E-state index contributed by atoms with van der Waals surface area (Å²) < 4.78 is 12.2. The SMILES string of the molecule is CC(=O)O[C@@H]1CC[C@]2(C)[C@@](O)(CC(=O)[C@@H]3[C@@H]4CC[C@@H]([C@H](C)CC[C@H](C)C(C)C)[C@@]4(C)C[C@H]4O[C@@]342)C1. The van der Waals surface area contributed by atoms with Gasteiger partial charge in [0.05, 0.1) is 17.6 Å². The molecule has 11 atom stereocenters. The van der Waals surface area contributed by atoms with E-state index in [4.69, 9.17) is 9.47 Å². The molecular formula is C30H48O5. The van der Waals surface area contributed by atoms with Crippen molar-refractivity contribution >= 4 is 11.8 Å². The summed E-state index contributed by atoms with van der Waals surface area (Å²) in [4.78, 5) is 25.5. The van der Waals surface area contributed by atoms with E-state index in [1.54, 1.807) is 0 Å². The molecule has 5 nitrogen and oxygen atoms in total. The van der Waals surface area contributed by atoms with E-state index in [0.29, 0.717) is 24.2 Å². The van der Waals surface area contributed by atoms with Gasteiger partial charge in [-0.05, 0) is 67.1 Å². The second-order valence-corrected chi connectivity index (χ2v) is 14.1. The van der Waals surface area contributed by atoms with Crippen LogP contribution in [0.3, 0.4) is 0 Å². The highest BCUT2D eigenvalue weighted by atomic mass is 16.6. The molecular weight excluding hydrogens is 440 g/mol. The Kier molecular flexibility index (Phi) is 6.08. The number of rotatable bonds is 6. The first-order valence-electron chi connectivity index (χ1n) is 14.4. The number of esters is 1. The number of aliphatic hydroxyl groups is 1. The van der Waals surface area contributed by atoms with Crippen molar-refractivity contribution in [2.24, 2.45) is 46.3 Å². The van der Waals surface area contributed by atoms with Crippen LogP contribution in [0.15, 0.2) is 0 Å². The maximum absolute atomic E-state index is 13.9. The third-order valence-corrected chi connectivity index (χ3v) is 12.2. The smallest absolute Gasteiger partial charge is 0.302 e. The van der Waals surface area contributed by atoms with Crippen LogP contribution in [0.2, 0.25) is 0 Å². The summed E-state index contributed by atoms with van der Waals surface area (Å²) in [6.45, 7) is 15.5. The molecule has 5 rings (SSSR count). The number of ether oxygens (including phenoxy) is 2. The third kappa shape index (κ3) is 3.53. The third-order valence-electron chi connectivity index (χ3n) is 12.2. The van der Waals surface area contributed by atoms with Gasteiger partial charge in [0.2, 0.25) is 0 Å². The zero-order valence-corrected chi connectivity index (χ0v) is 23.1. The molecule has 4 aliphatic carbocycles. The molecule has 0 aromatic heterocycles. The van der Waals surface area contributed by atoms with Crippen LogP contribution in [0.1, 0.15) is 106 Å². The van der Waals surface area contributed by atoms with Gasteiger partial charge in [-0.25, -0.2) is 0 Å². The zero-order valence-electron chi connectivity index (χ0n) is 23.1. The molecule has 1 aliphatic heterocycles. The van der Waals surface area contributed by atoms with E-state index < -0.39 is 16.6 Å². The second-order valence-electron chi connectivity index (χ2n) is 14.1. The van der Waals surface area contributed by atoms with Crippen molar-refractivity contribution in [2.45, 2.75) is 130 Å². The largest absolute Gasteiger partial charge is 0.462 e. The van der Waals surface area contributed by atoms with Crippen molar-refractivity contribution in [3.8, 4) is 0 Å². The van der Waals surface area contributed by atoms with E-state index >= 15 is 0 Å². The topological polar surface area (TPSA) is 76.1 Å². The molecule has 198 valence electrons. The Hall–Kier alpha value is -0.940. The predicted octanol–water partition coefficient (Wildman–Crippen LogP) is 5.71. The molecule has 5 aliphatic rings. The van der Waals surface area contributed by atoms with E-state index in [9.17, 15) is 14.7 Å². The lowest BCUT2D eigenvalue weighted by Gasteiger charge is -2.61. The van der Waals surface area contributed by atoms with E-state index in [-0.39, 0.29) is 41.7 Å². The summed E-state index contributed by atoms with van der Waals surface area (Å²) in [6.07, 6.45) is 7.57. The molecule has 35 heavy (non-hydrogen) atoms. The van der Waals surface area contributed by atoms with Gasteiger partial charge in [-0.3, -0.25) is 9.59 Å². The van der Waals surface area contributed by atoms with E-state index in [0.717, 1.165) is 37.5 Å². The molecule has 1 spiro atoms. The van der Waals surface area contributed by atoms with Gasteiger partial charge in [0.25, 0.3) is 0 Å². The number of ketones is 1. The molecule has 0 radical (unpaired) electrons. The van der Waals surface area contributed by atoms with Crippen molar-refractivity contribution in [1.82, 2.24) is 0 Å². The maximum atomic E-state index is 13.9. The van der Waals surface area contributed by atoms with E-state index in [1.165, 1.54) is 26.2 Å². The summed E-state index contributed by atoms with van der Waals surface area (Å²) in [5.41, 5.74) is -2.05. The highest BCUT2D eigenvalue weighted by molar-refractivity contribution is 5.87. The standard InChI is InChI=1S/C30H48O5/c1-17(2)18(3)8-9-19(4)22-10-11-23-26-24(32)15-29(33)14-21(34-20(5)31)12-13-28(29,7)30(26)25(35-30)16-27(22,23)6/h17-19,21-23,25-26,33H,8-16H2,1-7H3/t18-,19+,21+,22-,23-,25+,26-,27+,28+,29-,30+/m0/s1. The molecule has 4 saturated carbocycles. The van der Waals surface area contributed by atoms with Crippen LogP contribution < -0.4 is 0 Å². The van der Waals surface area contributed by atoms with Crippen LogP contribution in [0.5, 0.6) is 0 Å². The van der Waals surface area contributed by atoms with Crippen molar-refractivity contribution in [3.63, 3.8) is 0 Å². The Balaban J connectivity index is 1.39. The summed E-state index contributed by atoms with van der Waals surface area (Å²) in [6, 6.07) is 0. The van der Waals surface area contributed by atoms with Crippen LogP contribution in [-0.2, 0) is 19.1 Å². The summed E-state index contributed by atoms with van der Waals surface area (Å²) in [5.74, 6) is 2.87. The van der Waals surface area contributed by atoms with Gasteiger partial charge in [0.15, 0.2) is 0 Å². The van der Waals surface area contributed by atoms with Crippen molar-refractivity contribution in [2.75, 3.05) is 0 Å². The first-order chi connectivity index (χ1) is 16.3. The normalized spacial score (nSPS) is 50.0. The van der Waals surface area contributed by atoms with Gasteiger partial charge in [-0.15, -0.1) is 0 Å². The van der Waals surface area contributed by atoms with Gasteiger partial charge < -0.3 is 14.6 Å². The van der Waals surface area contributed by atoms with Crippen LogP contribution in [-0.4, -0.2) is 40.3 Å². The molecule has 5 heteroatoms. The molecule has 0 aromatic carbocycles. The number of carbonyl (C=O) groups is 2. The summed E-state index contributed by atoms with van der Waals surface area (Å²) in [7, 11) is 0. The Labute approximate surface area is 212 Å². The molecule has 1 heterocycles.